The number of carbonyl (C=O) groups is 3. The molecule has 0 saturated heterocycles. The second-order valence-corrected chi connectivity index (χ2v) is 35.9. The summed E-state index contributed by atoms with van der Waals surface area (Å²) in [4.78, 5) is 34.3. The fourth-order valence-electron chi connectivity index (χ4n) is 9.84. The van der Waals surface area contributed by atoms with E-state index < -0.39 is 68.2 Å². The Labute approximate surface area is 643 Å². The van der Waals surface area contributed by atoms with Gasteiger partial charge in [0, 0.05) is 143 Å². The first-order valence-electron chi connectivity index (χ1n) is 36.6. The van der Waals surface area contributed by atoms with E-state index >= 15 is 0 Å². The van der Waals surface area contributed by atoms with Gasteiger partial charge < -0.3 is 104 Å². The summed E-state index contributed by atoms with van der Waals surface area (Å²) in [6.45, 7) is 46.2. The highest BCUT2D eigenvalue weighted by molar-refractivity contribution is 6.76. The highest BCUT2D eigenvalue weighted by Gasteiger charge is 2.52. The number of carbonyl (C=O) groups excluding carboxylic acids is 3. The fourth-order valence-corrected chi connectivity index (χ4v) is 22.2. The van der Waals surface area contributed by atoms with Gasteiger partial charge >= 0.3 is 44.0 Å². The lowest BCUT2D eigenvalue weighted by atomic mass is 10.2. The van der Waals surface area contributed by atoms with Gasteiger partial charge in [-0.05, 0) is 196 Å². The van der Waals surface area contributed by atoms with Crippen LogP contribution in [0.2, 0.25) is 0 Å². The molecular weight excluding hydrogens is 1470 g/mol. The molecule has 0 heterocycles. The van der Waals surface area contributed by atoms with Crippen LogP contribution in [0.4, 0.5) is 0 Å². The van der Waals surface area contributed by atoms with Crippen molar-refractivity contribution < 1.29 is 119 Å². The number of benzene rings is 5. The van der Waals surface area contributed by atoms with Crippen molar-refractivity contribution in [1.82, 2.24) is 0 Å². The molecule has 0 fully saturated rings. The third kappa shape index (κ3) is 38.0. The fraction of sp³-hybridized carbons (Fsp3) is 0.566. The summed E-state index contributed by atoms with van der Waals surface area (Å²) in [5.74, 6) is 1.64. The van der Waals surface area contributed by atoms with E-state index in [1.807, 2.05) is 215 Å². The van der Waals surface area contributed by atoms with Crippen molar-refractivity contribution in [2.75, 3.05) is 114 Å². The van der Waals surface area contributed by atoms with Crippen LogP contribution in [0.3, 0.4) is 0 Å². The number of ether oxygens (including phenoxy) is 8. The maximum atomic E-state index is 11.4. The molecule has 5 aromatic carbocycles. The van der Waals surface area contributed by atoms with Crippen molar-refractivity contribution in [2.24, 2.45) is 0 Å². The molecule has 0 radical (unpaired) electrons. The van der Waals surface area contributed by atoms with Crippen molar-refractivity contribution in [1.29, 1.82) is 0 Å². The molecule has 606 valence electrons. The van der Waals surface area contributed by atoms with Gasteiger partial charge in [-0.3, -0.25) is 14.4 Å². The minimum Gasteiger partial charge on any atom is -0.494 e. The van der Waals surface area contributed by atoms with Crippen LogP contribution < -0.4 is 39.2 Å². The smallest absolute Gasteiger partial charge is 0.494 e. The van der Waals surface area contributed by atoms with Gasteiger partial charge in [-0.2, -0.15) is 0 Å². The average Bonchev–Trinajstić information content (AvgIpc) is 0.803. The van der Waals surface area contributed by atoms with E-state index in [0.717, 1.165) is 64.9 Å². The lowest BCUT2D eigenvalue weighted by molar-refractivity contribution is -0.148. The Morgan fingerprint density at radius 2 is 0.579 bits per heavy atom. The zero-order chi connectivity index (χ0) is 80.4. The molecule has 0 aliphatic rings. The molecule has 107 heavy (non-hydrogen) atoms. The maximum absolute atomic E-state index is 11.4. The van der Waals surface area contributed by atoms with E-state index in [1.54, 1.807) is 45.4 Å². The minimum atomic E-state index is -3.90. The second kappa shape index (κ2) is 54.6. The molecule has 5 rings (SSSR count). The molecule has 2 atom stereocenters. The Kier molecular flexibility index (Phi) is 50.5. The molecule has 0 aromatic heterocycles. The predicted molar refractivity (Wildman–Crippen MR) is 420 cm³/mol. The molecule has 0 aliphatic carbocycles. The number of rotatable bonds is 46. The third-order valence-corrected chi connectivity index (χ3v) is 28.5. The molecule has 0 saturated carbocycles. The summed E-state index contributed by atoms with van der Waals surface area (Å²) >= 11 is 0. The monoisotopic (exact) mass is 1590 g/mol. The van der Waals surface area contributed by atoms with Crippen LogP contribution in [0.25, 0.3) is 0 Å². The first-order valence-corrected chi connectivity index (χ1v) is 45.7. The van der Waals surface area contributed by atoms with Crippen LogP contribution in [0.1, 0.15) is 157 Å². The van der Waals surface area contributed by atoms with E-state index in [-0.39, 0.29) is 24.7 Å². The van der Waals surface area contributed by atoms with Gasteiger partial charge in [0.2, 0.25) is 0 Å². The van der Waals surface area contributed by atoms with Crippen LogP contribution in [-0.2, 0) is 107 Å². The second-order valence-electron chi connectivity index (χ2n) is 23.3. The average molecular weight is 1600 g/mol. The third-order valence-electron chi connectivity index (χ3n) is 13.7. The van der Waals surface area contributed by atoms with Gasteiger partial charge in [-0.15, -0.1) is 0 Å². The minimum absolute atomic E-state index is 0.0359. The largest absolute Gasteiger partial charge is 0.709 e. The zero-order valence-electron chi connectivity index (χ0n) is 68.1. The van der Waals surface area contributed by atoms with Gasteiger partial charge in [-0.1, -0.05) is 60.7 Å². The van der Waals surface area contributed by atoms with E-state index in [0.29, 0.717) is 103 Å². The normalized spacial score (nSPS) is 12.2. The topological polar surface area (TPSA) is 263 Å². The Balaban J connectivity index is 0.000000671. The molecule has 0 spiro atoms. The molecule has 0 N–H and O–H groups in total. The SMILES string of the molecule is CCO[Si](Cc1ccc(OCOC)cc1)(OCC)OCC.CCO[Si](OCC)(OCC)c1ccc(OC(C)(C)C)cc1.CCO[Si](OCC)(OCC)c1ccc(OC(C)OC)cc1.CCOc1ccc([Si](OCC)(OCC)OCC)cc1.COC(C)Oc1ccc(C[Si](OC(C)=O)(OC(C)=O)OC(C)=O)cc1. The van der Waals surface area contributed by atoms with Crippen molar-refractivity contribution in [3.8, 4) is 28.7 Å². The Morgan fingerprint density at radius 1 is 0.327 bits per heavy atom. The first kappa shape index (κ1) is 99.0. The molecular formula is C76H126O26Si5. The molecule has 0 aliphatic heterocycles. The molecule has 31 heteroatoms. The summed E-state index contributed by atoms with van der Waals surface area (Å²) in [5, 5.41) is 2.88. The van der Waals surface area contributed by atoms with Crippen molar-refractivity contribution >= 4 is 77.5 Å². The number of hydrogen-bond donors (Lipinski definition) is 0. The van der Waals surface area contributed by atoms with Crippen LogP contribution in [0, 0.1) is 0 Å². The Bertz CT molecular complexity index is 3000. The van der Waals surface area contributed by atoms with Gasteiger partial charge in [-0.25, -0.2) is 0 Å². The Hall–Kier alpha value is -6.01. The zero-order valence-corrected chi connectivity index (χ0v) is 73.1. The van der Waals surface area contributed by atoms with Crippen LogP contribution in [-0.4, -0.2) is 194 Å². The quantitative estimate of drug-likeness (QED) is 0.0259. The maximum Gasteiger partial charge on any atom is 0.709 e. The summed E-state index contributed by atoms with van der Waals surface area (Å²) in [7, 11) is -10.2. The van der Waals surface area contributed by atoms with E-state index in [2.05, 4.69) is 0 Å². The molecule has 0 amide bonds. The molecule has 0 bridgehead atoms. The standard InChI is InChI=1S/C16H22O8Si.C16H28O4Si.2C15H26O5Si.C14H24O4Si/c1-11(17)22-25(23-12(2)18,24-13(3)19)10-15-6-8-16(9-7-15)21-14(4)20-5;1-7-17-21(18-8-2,19-9-3)15-12-10-14(11-13-15)20-16(4,5)6;1-6-17-21(18-7-2,19-8-3)15-11-9-14(10-12-15)20-13(4)16-5;1-5-18-21(19-6-2,20-7-3)12-14-8-10-15(11-9-14)17-13-16-4;1-5-15-13-9-11-14(12-10-13)19(16-6-2,17-7-3)18-8-4/h6-9,14H,10H2,1-5H3;10-13H,7-9H2,1-6H3;9-13H,6-8H2,1-5H3;8-11H,5-7,12-13H2,1-4H3;9-12H,5-8H2,1-4H3. The summed E-state index contributed by atoms with van der Waals surface area (Å²) in [6, 6.07) is 38.5. The van der Waals surface area contributed by atoms with Crippen molar-refractivity contribution in [2.45, 2.75) is 176 Å². The van der Waals surface area contributed by atoms with Crippen LogP contribution >= 0.6 is 0 Å². The van der Waals surface area contributed by atoms with Crippen molar-refractivity contribution in [3.63, 3.8) is 0 Å². The van der Waals surface area contributed by atoms with Gasteiger partial charge in [0.05, 0.1) is 12.7 Å². The van der Waals surface area contributed by atoms with Crippen LogP contribution in [0.5, 0.6) is 28.7 Å². The lowest BCUT2D eigenvalue weighted by Crippen LogP contribution is -2.56. The number of hydrogen-bond acceptors (Lipinski definition) is 26. The number of methoxy groups -OCH3 is 3. The summed E-state index contributed by atoms with van der Waals surface area (Å²) in [5.41, 5.74) is 1.55. The predicted octanol–water partition coefficient (Wildman–Crippen LogP) is 12.3. The molecule has 5 aromatic rings. The lowest BCUT2D eigenvalue weighted by Gasteiger charge is -2.29. The highest BCUT2D eigenvalue weighted by atomic mass is 28.4. The van der Waals surface area contributed by atoms with E-state index in [4.69, 9.17) is 104 Å². The molecule has 26 nitrogen and oxygen atoms in total. The van der Waals surface area contributed by atoms with Crippen LogP contribution in [0.15, 0.2) is 121 Å². The highest BCUT2D eigenvalue weighted by Crippen LogP contribution is 2.25. The summed E-state index contributed by atoms with van der Waals surface area (Å²) < 4.78 is 128. The van der Waals surface area contributed by atoms with Gasteiger partial charge in [0.25, 0.3) is 17.9 Å². The van der Waals surface area contributed by atoms with E-state index in [1.165, 1.54) is 7.11 Å². The molecule has 2 unspecified atom stereocenters. The van der Waals surface area contributed by atoms with E-state index in [9.17, 15) is 14.4 Å². The van der Waals surface area contributed by atoms with Gasteiger partial charge in [0.1, 0.15) is 34.3 Å². The van der Waals surface area contributed by atoms with Gasteiger partial charge in [0.15, 0.2) is 19.4 Å². The van der Waals surface area contributed by atoms with Crippen molar-refractivity contribution in [3.05, 3.63) is 132 Å². The Morgan fingerprint density at radius 3 is 0.832 bits per heavy atom. The summed E-state index contributed by atoms with van der Waals surface area (Å²) in [6.07, 6.45) is -0.703. The first-order chi connectivity index (χ1) is 51.0.